The molecule has 1 saturated heterocycles. The Bertz CT molecular complexity index is 1040. The fourth-order valence-corrected chi connectivity index (χ4v) is 3.17. The predicted octanol–water partition coefficient (Wildman–Crippen LogP) is 2.13. The molecule has 0 aliphatic carbocycles. The zero-order valence-electron chi connectivity index (χ0n) is 15.4. The topological polar surface area (TPSA) is 92.1 Å². The van der Waals surface area contributed by atoms with E-state index in [1.165, 1.54) is 18.5 Å². The summed E-state index contributed by atoms with van der Waals surface area (Å²) >= 11 is 0. The number of hydrogen-bond donors (Lipinski definition) is 1. The number of urea groups is 1. The van der Waals surface area contributed by atoms with Crippen molar-refractivity contribution in [1.29, 1.82) is 0 Å². The summed E-state index contributed by atoms with van der Waals surface area (Å²) in [4.78, 5) is 24.4. The Morgan fingerprint density at radius 2 is 1.90 bits per heavy atom. The molecule has 1 fully saturated rings. The third kappa shape index (κ3) is 3.77. The maximum absolute atomic E-state index is 12.8. The van der Waals surface area contributed by atoms with Gasteiger partial charge in [-0.3, -0.25) is 0 Å². The molecule has 1 N–H and O–H groups in total. The molecule has 1 aliphatic rings. The fourth-order valence-electron chi connectivity index (χ4n) is 3.17. The van der Waals surface area contributed by atoms with E-state index in [0.29, 0.717) is 43.2 Å². The minimum Gasteiger partial charge on any atom is -0.351 e. The number of aryl methyl sites for hydroxylation is 1. The first kappa shape index (κ1) is 18.9. The summed E-state index contributed by atoms with van der Waals surface area (Å²) in [5.74, 6) is 0.640. The summed E-state index contributed by atoms with van der Waals surface area (Å²) in [6.45, 7) is 1.77. The van der Waals surface area contributed by atoms with Crippen molar-refractivity contribution in [3.05, 3.63) is 36.2 Å². The van der Waals surface area contributed by atoms with Crippen LogP contribution in [0.4, 0.5) is 29.5 Å². The largest absolute Gasteiger partial charge is 0.416 e. The number of amides is 2. The van der Waals surface area contributed by atoms with Crippen LogP contribution in [-0.4, -0.2) is 62.1 Å². The van der Waals surface area contributed by atoms with Crippen molar-refractivity contribution in [1.82, 2.24) is 29.9 Å². The smallest absolute Gasteiger partial charge is 0.351 e. The van der Waals surface area contributed by atoms with Crippen molar-refractivity contribution < 1.29 is 18.0 Å². The lowest BCUT2D eigenvalue weighted by Crippen LogP contribution is -2.50. The average Bonchev–Trinajstić information content (AvgIpc) is 3.09. The van der Waals surface area contributed by atoms with Crippen molar-refractivity contribution in [2.45, 2.75) is 6.18 Å². The van der Waals surface area contributed by atoms with E-state index < -0.39 is 17.8 Å². The number of nitrogens with one attached hydrogen (secondary N) is 1. The predicted molar refractivity (Wildman–Crippen MR) is 98.3 cm³/mol. The Kier molecular flexibility index (Phi) is 4.68. The molecule has 2 amide bonds. The molecule has 0 radical (unpaired) electrons. The number of carbonyl (C=O) groups excluding carboxylic acids is 1. The number of fused-ring (bicyclic) bond motifs is 1. The zero-order chi connectivity index (χ0) is 20.6. The number of carbonyl (C=O) groups is 1. The van der Waals surface area contributed by atoms with Crippen molar-refractivity contribution >= 4 is 28.7 Å². The second-order valence-corrected chi connectivity index (χ2v) is 6.57. The molecule has 4 rings (SSSR count). The van der Waals surface area contributed by atoms with Crippen LogP contribution in [0.25, 0.3) is 11.2 Å². The number of alkyl halides is 3. The van der Waals surface area contributed by atoms with Gasteiger partial charge in [-0.25, -0.2) is 19.4 Å². The second kappa shape index (κ2) is 7.18. The maximum atomic E-state index is 12.8. The number of piperazine rings is 1. The highest BCUT2D eigenvalue weighted by Gasteiger charge is 2.31. The molecule has 12 heteroatoms. The molecular weight excluding hydrogens is 389 g/mol. The van der Waals surface area contributed by atoms with Crippen molar-refractivity contribution in [2.75, 3.05) is 36.4 Å². The van der Waals surface area contributed by atoms with E-state index in [2.05, 4.69) is 25.6 Å². The van der Waals surface area contributed by atoms with Crippen LogP contribution in [0.5, 0.6) is 0 Å². The Hall–Kier alpha value is -3.44. The lowest BCUT2D eigenvalue weighted by atomic mass is 10.2. The van der Waals surface area contributed by atoms with Crippen LogP contribution in [0.3, 0.4) is 0 Å². The maximum Gasteiger partial charge on any atom is 0.416 e. The molecule has 0 bridgehead atoms. The summed E-state index contributed by atoms with van der Waals surface area (Å²) in [5.41, 5.74) is 0.484. The SMILES string of the molecule is Cn1nnc2c(N3CCN(C(=O)Nc4cccc(C(F)(F)F)c4)CC3)ncnc21. The molecule has 0 spiro atoms. The van der Waals surface area contributed by atoms with E-state index in [1.54, 1.807) is 16.6 Å². The third-order valence-electron chi connectivity index (χ3n) is 4.68. The Balaban J connectivity index is 1.41. The standard InChI is InChI=1S/C17H17F3N8O/c1-26-14-13(24-25-26)15(22-10-21-14)27-5-7-28(8-6-27)16(29)23-12-4-2-3-11(9-12)17(18,19)20/h2-4,9-10H,5-8H2,1H3,(H,23,29). The number of nitrogens with zero attached hydrogens (tertiary/aromatic N) is 7. The number of aromatic nitrogens is 5. The first-order valence-electron chi connectivity index (χ1n) is 8.81. The monoisotopic (exact) mass is 406 g/mol. The highest BCUT2D eigenvalue weighted by atomic mass is 19.4. The van der Waals surface area contributed by atoms with Gasteiger partial charge in [-0.15, -0.1) is 5.10 Å². The number of hydrogen-bond acceptors (Lipinski definition) is 6. The quantitative estimate of drug-likeness (QED) is 0.701. The van der Waals surface area contributed by atoms with Gasteiger partial charge in [-0.1, -0.05) is 11.3 Å². The Labute approximate surface area is 163 Å². The summed E-state index contributed by atoms with van der Waals surface area (Å²) in [5, 5.41) is 10.6. The molecule has 3 heterocycles. The fraction of sp³-hybridized carbons (Fsp3) is 0.353. The first-order chi connectivity index (χ1) is 13.8. The molecule has 9 nitrogen and oxygen atoms in total. The Morgan fingerprint density at radius 3 is 2.62 bits per heavy atom. The van der Waals surface area contributed by atoms with Crippen LogP contribution >= 0.6 is 0 Å². The highest BCUT2D eigenvalue weighted by molar-refractivity contribution is 5.89. The lowest BCUT2D eigenvalue weighted by molar-refractivity contribution is -0.137. The summed E-state index contributed by atoms with van der Waals surface area (Å²) in [6.07, 6.45) is -3.02. The molecule has 1 aromatic carbocycles. The molecule has 0 saturated carbocycles. The van der Waals surface area contributed by atoms with Gasteiger partial charge in [0, 0.05) is 38.9 Å². The van der Waals surface area contributed by atoms with Crippen LogP contribution in [0.1, 0.15) is 5.56 Å². The average molecular weight is 406 g/mol. The van der Waals surface area contributed by atoms with Crippen molar-refractivity contribution in [2.24, 2.45) is 7.05 Å². The van der Waals surface area contributed by atoms with E-state index in [0.717, 1.165) is 12.1 Å². The van der Waals surface area contributed by atoms with Gasteiger partial charge in [0.1, 0.15) is 6.33 Å². The van der Waals surface area contributed by atoms with Crippen molar-refractivity contribution in [3.8, 4) is 0 Å². The van der Waals surface area contributed by atoms with Gasteiger partial charge >= 0.3 is 12.2 Å². The first-order valence-corrected chi connectivity index (χ1v) is 8.81. The zero-order valence-corrected chi connectivity index (χ0v) is 15.4. The minimum atomic E-state index is -4.46. The van der Waals surface area contributed by atoms with E-state index in [4.69, 9.17) is 0 Å². The molecule has 3 aromatic rings. The molecular formula is C17H17F3N8O. The van der Waals surface area contributed by atoms with Crippen LogP contribution in [0.2, 0.25) is 0 Å². The number of rotatable bonds is 2. The van der Waals surface area contributed by atoms with Gasteiger partial charge < -0.3 is 15.1 Å². The lowest BCUT2D eigenvalue weighted by Gasteiger charge is -2.35. The third-order valence-corrected chi connectivity index (χ3v) is 4.68. The van der Waals surface area contributed by atoms with Gasteiger partial charge in [0.15, 0.2) is 17.0 Å². The van der Waals surface area contributed by atoms with E-state index in [9.17, 15) is 18.0 Å². The minimum absolute atomic E-state index is 0.101. The Morgan fingerprint density at radius 1 is 1.14 bits per heavy atom. The second-order valence-electron chi connectivity index (χ2n) is 6.57. The van der Waals surface area contributed by atoms with E-state index in [1.807, 2.05) is 4.90 Å². The molecule has 1 aliphatic heterocycles. The summed E-state index contributed by atoms with van der Waals surface area (Å²) < 4.78 is 40.0. The number of halogens is 3. The molecule has 0 unspecified atom stereocenters. The van der Waals surface area contributed by atoms with Gasteiger partial charge in [0.05, 0.1) is 5.56 Å². The summed E-state index contributed by atoms with van der Waals surface area (Å²) in [7, 11) is 1.74. The van der Waals surface area contributed by atoms with E-state index >= 15 is 0 Å². The van der Waals surface area contributed by atoms with Gasteiger partial charge in [0.2, 0.25) is 0 Å². The number of anilines is 2. The van der Waals surface area contributed by atoms with Crippen LogP contribution < -0.4 is 10.2 Å². The molecule has 29 heavy (non-hydrogen) atoms. The highest BCUT2D eigenvalue weighted by Crippen LogP contribution is 2.30. The van der Waals surface area contributed by atoms with Crippen LogP contribution in [0.15, 0.2) is 30.6 Å². The number of benzene rings is 1. The molecule has 152 valence electrons. The molecule has 0 atom stereocenters. The van der Waals surface area contributed by atoms with Gasteiger partial charge in [-0.2, -0.15) is 13.2 Å². The van der Waals surface area contributed by atoms with Crippen LogP contribution in [-0.2, 0) is 13.2 Å². The van der Waals surface area contributed by atoms with Crippen LogP contribution in [0, 0.1) is 0 Å². The van der Waals surface area contributed by atoms with E-state index in [-0.39, 0.29) is 5.69 Å². The van der Waals surface area contributed by atoms with Gasteiger partial charge in [0.25, 0.3) is 0 Å². The normalized spacial score (nSPS) is 15.0. The summed E-state index contributed by atoms with van der Waals surface area (Å²) in [6, 6.07) is 4.12. The van der Waals surface area contributed by atoms with Crippen molar-refractivity contribution in [3.63, 3.8) is 0 Å². The van der Waals surface area contributed by atoms with Gasteiger partial charge in [-0.05, 0) is 18.2 Å². The molecule has 2 aromatic heterocycles.